The quantitative estimate of drug-likeness (QED) is 0.787. The summed E-state index contributed by atoms with van der Waals surface area (Å²) >= 11 is 1.69. The van der Waals surface area contributed by atoms with Crippen LogP contribution in [-0.2, 0) is 14.3 Å². The molecule has 21 heavy (non-hydrogen) atoms. The first-order chi connectivity index (χ1) is 9.77. The molecule has 1 heterocycles. The monoisotopic (exact) mass is 313 g/mol. The fraction of sp³-hybridized carbons (Fsp3) is 0.600. The van der Waals surface area contributed by atoms with Crippen LogP contribution in [0, 0.1) is 5.92 Å². The molecule has 0 aromatic carbocycles. The zero-order valence-electron chi connectivity index (χ0n) is 13.4. The Bertz CT molecular complexity index is 510. The van der Waals surface area contributed by atoms with Crippen molar-refractivity contribution >= 4 is 23.7 Å². The molecule has 2 atom stereocenters. The summed E-state index contributed by atoms with van der Waals surface area (Å²) < 4.78 is 4.84. The third kappa shape index (κ3) is 3.26. The lowest BCUT2D eigenvalue weighted by Gasteiger charge is -2.39. The highest BCUT2D eigenvalue weighted by Gasteiger charge is 2.37. The van der Waals surface area contributed by atoms with E-state index in [1.165, 1.54) is 7.11 Å². The van der Waals surface area contributed by atoms with Crippen LogP contribution in [0.2, 0.25) is 0 Å². The molecule has 118 valence electrons. The third-order valence-electron chi connectivity index (χ3n) is 3.78. The summed E-state index contributed by atoms with van der Waals surface area (Å²) in [5.41, 5.74) is 2.13. The smallest absolute Gasteiger partial charge is 0.336 e. The summed E-state index contributed by atoms with van der Waals surface area (Å²) in [7, 11) is 1.31. The molecule has 0 radical (unpaired) electrons. The number of nitrogens with zero attached hydrogens (tertiary/aromatic N) is 1. The average Bonchev–Trinajstić information content (AvgIpc) is 2.37. The molecule has 1 aliphatic heterocycles. The summed E-state index contributed by atoms with van der Waals surface area (Å²) in [6, 6.07) is 0. The van der Waals surface area contributed by atoms with Gasteiger partial charge in [0.1, 0.15) is 0 Å². The molecule has 1 N–H and O–H groups in total. The number of hydrogen-bond donors (Lipinski definition) is 1. The first-order valence-electron chi connectivity index (χ1n) is 6.91. The van der Waals surface area contributed by atoms with E-state index in [-0.39, 0.29) is 10.9 Å². The third-order valence-corrected chi connectivity index (χ3v) is 4.80. The van der Waals surface area contributed by atoms with Crippen molar-refractivity contribution < 1.29 is 19.4 Å². The first kappa shape index (κ1) is 17.6. The Morgan fingerprint density at radius 1 is 1.33 bits per heavy atom. The van der Waals surface area contributed by atoms with Crippen molar-refractivity contribution in [3.63, 3.8) is 0 Å². The second kappa shape index (κ2) is 7.02. The topological polar surface area (TPSA) is 66.8 Å². The number of esters is 1. The Hall–Kier alpha value is -1.43. The van der Waals surface area contributed by atoms with Gasteiger partial charge in [0.25, 0.3) is 0 Å². The van der Waals surface area contributed by atoms with Gasteiger partial charge in [0.15, 0.2) is 0 Å². The van der Waals surface area contributed by atoms with Gasteiger partial charge in [-0.25, -0.2) is 9.59 Å². The molecule has 0 aromatic heterocycles. The van der Waals surface area contributed by atoms with Gasteiger partial charge in [0.05, 0.1) is 23.6 Å². The molecule has 5 nitrogen and oxygen atoms in total. The van der Waals surface area contributed by atoms with E-state index in [9.17, 15) is 14.7 Å². The summed E-state index contributed by atoms with van der Waals surface area (Å²) in [6.07, 6.45) is 0. The Kier molecular flexibility index (Phi) is 5.89. The minimum absolute atomic E-state index is 0.0523. The standard InChI is InChI=1S/C15H23NO4S/c1-7-21-11(5)16-9(3)12(14(17)18)8(2)13(10(16)4)15(19)20-6/h8,11H,7H2,1-6H3,(H,17,18). The number of ether oxygens (including phenoxy) is 1. The van der Waals surface area contributed by atoms with Crippen molar-refractivity contribution in [2.75, 3.05) is 12.9 Å². The maximum absolute atomic E-state index is 12.1. The number of hydrogen-bond acceptors (Lipinski definition) is 5. The van der Waals surface area contributed by atoms with E-state index in [0.717, 1.165) is 11.4 Å². The maximum atomic E-state index is 12.1. The Labute approximate surface area is 130 Å². The van der Waals surface area contributed by atoms with E-state index in [4.69, 9.17) is 4.74 Å². The highest BCUT2D eigenvalue weighted by Crippen LogP contribution is 2.38. The summed E-state index contributed by atoms with van der Waals surface area (Å²) in [5.74, 6) is -1.04. The molecule has 0 saturated carbocycles. The zero-order chi connectivity index (χ0) is 16.3. The van der Waals surface area contributed by atoms with Crippen LogP contribution in [0.3, 0.4) is 0 Å². The molecule has 2 unspecified atom stereocenters. The molecule has 0 aliphatic carbocycles. The van der Waals surface area contributed by atoms with Crippen molar-refractivity contribution in [1.82, 2.24) is 4.90 Å². The fourth-order valence-corrected chi connectivity index (χ4v) is 3.87. The lowest BCUT2D eigenvalue weighted by molar-refractivity contribution is -0.137. The Morgan fingerprint density at radius 2 is 1.86 bits per heavy atom. The number of allylic oxidation sites excluding steroid dienone is 2. The van der Waals surface area contributed by atoms with Crippen molar-refractivity contribution in [1.29, 1.82) is 0 Å². The number of rotatable bonds is 5. The molecule has 0 amide bonds. The van der Waals surface area contributed by atoms with Gasteiger partial charge in [-0.3, -0.25) is 0 Å². The van der Waals surface area contributed by atoms with Crippen LogP contribution in [0.25, 0.3) is 0 Å². The highest BCUT2D eigenvalue weighted by atomic mass is 32.2. The molecule has 1 aliphatic rings. The van der Waals surface area contributed by atoms with Crippen molar-refractivity contribution in [3.8, 4) is 0 Å². The van der Waals surface area contributed by atoms with Gasteiger partial charge in [0.2, 0.25) is 0 Å². The Balaban J connectivity index is 3.45. The van der Waals surface area contributed by atoms with E-state index < -0.39 is 17.9 Å². The predicted octanol–water partition coefficient (Wildman–Crippen LogP) is 2.84. The van der Waals surface area contributed by atoms with E-state index in [1.54, 1.807) is 25.6 Å². The van der Waals surface area contributed by atoms with Crippen LogP contribution in [0.1, 0.15) is 34.6 Å². The van der Waals surface area contributed by atoms with Crippen LogP contribution < -0.4 is 0 Å². The maximum Gasteiger partial charge on any atom is 0.336 e. The van der Waals surface area contributed by atoms with E-state index >= 15 is 0 Å². The molecular formula is C15H23NO4S. The second-order valence-corrected chi connectivity index (χ2v) is 6.53. The molecular weight excluding hydrogens is 290 g/mol. The molecule has 0 fully saturated rings. The van der Waals surface area contributed by atoms with Gasteiger partial charge < -0.3 is 14.7 Å². The normalized spacial score (nSPS) is 20.7. The van der Waals surface area contributed by atoms with Crippen LogP contribution in [0.15, 0.2) is 22.5 Å². The van der Waals surface area contributed by atoms with Crippen molar-refractivity contribution in [2.24, 2.45) is 5.92 Å². The fourth-order valence-electron chi connectivity index (χ4n) is 2.92. The van der Waals surface area contributed by atoms with Gasteiger partial charge in [-0.05, 0) is 26.5 Å². The minimum atomic E-state index is -0.993. The number of carboxylic acid groups (broad SMARTS) is 1. The van der Waals surface area contributed by atoms with Gasteiger partial charge in [0, 0.05) is 17.3 Å². The van der Waals surface area contributed by atoms with Crippen LogP contribution >= 0.6 is 11.8 Å². The zero-order valence-corrected chi connectivity index (χ0v) is 14.2. The number of carbonyl (C=O) groups is 2. The minimum Gasteiger partial charge on any atom is -0.478 e. The molecule has 0 spiro atoms. The molecule has 1 rings (SSSR count). The Morgan fingerprint density at radius 3 is 2.29 bits per heavy atom. The van der Waals surface area contributed by atoms with E-state index in [0.29, 0.717) is 11.3 Å². The number of thioether (sulfide) groups is 1. The molecule has 6 heteroatoms. The summed E-state index contributed by atoms with van der Waals surface area (Å²) in [5, 5.41) is 9.55. The number of carbonyl (C=O) groups excluding carboxylic acids is 1. The van der Waals surface area contributed by atoms with Crippen molar-refractivity contribution in [3.05, 3.63) is 22.5 Å². The number of aliphatic carboxylic acids is 1. The van der Waals surface area contributed by atoms with E-state index in [2.05, 4.69) is 0 Å². The largest absolute Gasteiger partial charge is 0.478 e. The van der Waals surface area contributed by atoms with Gasteiger partial charge >= 0.3 is 11.9 Å². The lowest BCUT2D eigenvalue weighted by Crippen LogP contribution is -2.38. The van der Waals surface area contributed by atoms with Crippen LogP contribution in [-0.4, -0.2) is 40.2 Å². The summed E-state index contributed by atoms with van der Waals surface area (Å²) in [6.45, 7) is 9.43. The van der Waals surface area contributed by atoms with Crippen LogP contribution in [0.5, 0.6) is 0 Å². The van der Waals surface area contributed by atoms with Crippen LogP contribution in [0.4, 0.5) is 0 Å². The molecule has 0 aromatic rings. The van der Waals surface area contributed by atoms with Gasteiger partial charge in [-0.15, -0.1) is 11.8 Å². The van der Waals surface area contributed by atoms with Crippen molar-refractivity contribution in [2.45, 2.75) is 40.0 Å². The average molecular weight is 313 g/mol. The lowest BCUT2D eigenvalue weighted by atomic mass is 9.86. The number of methoxy groups -OCH3 is 1. The molecule has 0 bridgehead atoms. The second-order valence-electron chi connectivity index (χ2n) is 4.94. The number of carboxylic acids is 1. The summed E-state index contributed by atoms with van der Waals surface area (Å²) in [4.78, 5) is 25.6. The SMILES string of the molecule is CCSC(C)N1C(C)=C(C(=O)O)C(C)C(C(=O)OC)=C1C. The van der Waals surface area contributed by atoms with Gasteiger partial charge in [-0.2, -0.15) is 0 Å². The highest BCUT2D eigenvalue weighted by molar-refractivity contribution is 7.99. The van der Waals surface area contributed by atoms with E-state index in [1.807, 2.05) is 25.7 Å². The molecule has 0 saturated heterocycles. The predicted molar refractivity (Wildman–Crippen MR) is 83.6 cm³/mol. The first-order valence-corrected chi connectivity index (χ1v) is 7.96. The van der Waals surface area contributed by atoms with Gasteiger partial charge in [-0.1, -0.05) is 13.8 Å².